The van der Waals surface area contributed by atoms with Crippen molar-refractivity contribution in [2.24, 2.45) is 5.73 Å². The van der Waals surface area contributed by atoms with Crippen molar-refractivity contribution in [2.75, 3.05) is 18.8 Å². The van der Waals surface area contributed by atoms with Crippen molar-refractivity contribution in [1.82, 2.24) is 4.31 Å². The van der Waals surface area contributed by atoms with Crippen LogP contribution in [-0.2, 0) is 19.6 Å². The van der Waals surface area contributed by atoms with E-state index in [2.05, 4.69) is 0 Å². The van der Waals surface area contributed by atoms with Gasteiger partial charge >= 0.3 is 5.97 Å². The Hall–Kier alpha value is -1.15. The van der Waals surface area contributed by atoms with E-state index in [0.29, 0.717) is 6.42 Å². The van der Waals surface area contributed by atoms with E-state index in [1.165, 1.54) is 0 Å². The van der Waals surface area contributed by atoms with Crippen LogP contribution < -0.4 is 5.73 Å². The van der Waals surface area contributed by atoms with Gasteiger partial charge in [-0.25, -0.2) is 8.42 Å². The molecule has 0 heterocycles. The SMILES string of the molecule is CCCCN(CC(N)=O)S(=O)(=O)CCCC(=O)O. The fourth-order valence-electron chi connectivity index (χ4n) is 1.36. The van der Waals surface area contributed by atoms with Crippen molar-refractivity contribution in [2.45, 2.75) is 32.6 Å². The minimum absolute atomic E-state index is 0.0268. The van der Waals surface area contributed by atoms with E-state index >= 15 is 0 Å². The van der Waals surface area contributed by atoms with E-state index in [1.807, 2.05) is 6.92 Å². The number of sulfonamides is 1. The summed E-state index contributed by atoms with van der Waals surface area (Å²) in [5.74, 6) is -2.04. The largest absolute Gasteiger partial charge is 0.481 e. The number of nitrogens with zero attached hydrogens (tertiary/aromatic N) is 1. The van der Waals surface area contributed by atoms with Crippen molar-refractivity contribution >= 4 is 21.9 Å². The summed E-state index contributed by atoms with van der Waals surface area (Å²) in [5, 5.41) is 8.45. The first-order chi connectivity index (χ1) is 8.29. The molecule has 0 unspecified atom stereocenters. The number of unbranched alkanes of at least 4 members (excludes halogenated alkanes) is 1. The molecule has 106 valence electrons. The van der Waals surface area contributed by atoms with Gasteiger partial charge in [-0.05, 0) is 12.8 Å². The lowest BCUT2D eigenvalue weighted by atomic mass is 10.3. The van der Waals surface area contributed by atoms with Crippen molar-refractivity contribution in [1.29, 1.82) is 0 Å². The Morgan fingerprint density at radius 3 is 2.33 bits per heavy atom. The molecule has 0 saturated heterocycles. The normalized spacial score (nSPS) is 11.7. The Labute approximate surface area is 107 Å². The lowest BCUT2D eigenvalue weighted by Crippen LogP contribution is -2.40. The molecule has 1 amide bonds. The topological polar surface area (TPSA) is 118 Å². The highest BCUT2D eigenvalue weighted by atomic mass is 32.2. The van der Waals surface area contributed by atoms with Crippen LogP contribution >= 0.6 is 0 Å². The van der Waals surface area contributed by atoms with E-state index < -0.39 is 21.9 Å². The van der Waals surface area contributed by atoms with Crippen molar-refractivity contribution < 1.29 is 23.1 Å². The molecule has 0 fully saturated rings. The first-order valence-electron chi connectivity index (χ1n) is 5.77. The standard InChI is InChI=1S/C10H20N2O5S/c1-2-3-6-12(8-9(11)13)18(16,17)7-4-5-10(14)15/h2-8H2,1H3,(H2,11,13)(H,14,15). The molecule has 8 heteroatoms. The second-order valence-corrected chi connectivity index (χ2v) is 6.06. The number of carbonyl (C=O) groups excluding carboxylic acids is 1. The molecule has 7 nitrogen and oxygen atoms in total. The van der Waals surface area contributed by atoms with Crippen LogP contribution in [0.25, 0.3) is 0 Å². The van der Waals surface area contributed by atoms with Gasteiger partial charge in [0.2, 0.25) is 15.9 Å². The smallest absolute Gasteiger partial charge is 0.303 e. The van der Waals surface area contributed by atoms with Crippen LogP contribution in [-0.4, -0.2) is 48.5 Å². The van der Waals surface area contributed by atoms with E-state index in [4.69, 9.17) is 10.8 Å². The summed E-state index contributed by atoms with van der Waals surface area (Å²) >= 11 is 0. The van der Waals surface area contributed by atoms with Gasteiger partial charge < -0.3 is 10.8 Å². The lowest BCUT2D eigenvalue weighted by Gasteiger charge is -2.20. The molecule has 0 atom stereocenters. The first kappa shape index (κ1) is 16.9. The summed E-state index contributed by atoms with van der Waals surface area (Å²) in [7, 11) is -3.62. The van der Waals surface area contributed by atoms with Crippen LogP contribution in [0.4, 0.5) is 0 Å². The molecule has 0 saturated carbocycles. The average Bonchev–Trinajstić information content (AvgIpc) is 2.22. The number of hydrogen-bond acceptors (Lipinski definition) is 4. The zero-order valence-electron chi connectivity index (χ0n) is 10.5. The molecule has 0 spiro atoms. The zero-order valence-corrected chi connectivity index (χ0v) is 11.3. The van der Waals surface area contributed by atoms with E-state index in [9.17, 15) is 18.0 Å². The summed E-state index contributed by atoms with van der Waals surface area (Å²) in [5.41, 5.74) is 5.00. The molecule has 0 aliphatic carbocycles. The maximum absolute atomic E-state index is 11.9. The van der Waals surface area contributed by atoms with Crippen LogP contribution in [0.5, 0.6) is 0 Å². The zero-order chi connectivity index (χ0) is 14.2. The molecule has 0 aliphatic rings. The Morgan fingerprint density at radius 2 is 1.89 bits per heavy atom. The number of carboxylic acids is 1. The summed E-state index contributed by atoms with van der Waals surface area (Å²) in [6, 6.07) is 0. The second-order valence-electron chi connectivity index (χ2n) is 3.97. The molecule has 3 N–H and O–H groups in total. The number of carbonyl (C=O) groups is 2. The predicted octanol–water partition coefficient (Wildman–Crippen LogP) is -0.232. The number of primary amides is 1. The van der Waals surface area contributed by atoms with Crippen LogP contribution in [0, 0.1) is 0 Å². The first-order valence-corrected chi connectivity index (χ1v) is 7.38. The van der Waals surface area contributed by atoms with E-state index in [-0.39, 0.29) is 31.7 Å². The molecule has 0 radical (unpaired) electrons. The molecule has 0 rings (SSSR count). The summed E-state index contributed by atoms with van der Waals surface area (Å²) in [6.45, 7) is 1.78. The minimum Gasteiger partial charge on any atom is -0.481 e. The van der Waals surface area contributed by atoms with Gasteiger partial charge in [-0.15, -0.1) is 0 Å². The van der Waals surface area contributed by atoms with Crippen molar-refractivity contribution in [3.63, 3.8) is 0 Å². The number of carboxylic acid groups (broad SMARTS) is 1. The van der Waals surface area contributed by atoms with Gasteiger partial charge in [0.05, 0.1) is 12.3 Å². The van der Waals surface area contributed by atoms with E-state index in [0.717, 1.165) is 10.7 Å². The Balaban J connectivity index is 4.52. The number of aliphatic carboxylic acids is 1. The molecule has 0 aromatic carbocycles. The maximum atomic E-state index is 11.9. The van der Waals surface area contributed by atoms with Gasteiger partial charge in [0, 0.05) is 13.0 Å². The van der Waals surface area contributed by atoms with Crippen LogP contribution in [0.3, 0.4) is 0 Å². The minimum atomic E-state index is -3.62. The third-order valence-corrected chi connectivity index (χ3v) is 4.18. The predicted molar refractivity (Wildman–Crippen MR) is 66.3 cm³/mol. The van der Waals surface area contributed by atoms with Crippen LogP contribution in [0.15, 0.2) is 0 Å². The van der Waals surface area contributed by atoms with Crippen LogP contribution in [0.2, 0.25) is 0 Å². The van der Waals surface area contributed by atoms with Crippen LogP contribution in [0.1, 0.15) is 32.6 Å². The fourth-order valence-corrected chi connectivity index (χ4v) is 2.86. The molecular weight excluding hydrogens is 260 g/mol. The third kappa shape index (κ3) is 7.23. The number of hydrogen-bond donors (Lipinski definition) is 2. The van der Waals surface area contributed by atoms with Gasteiger partial charge in [-0.1, -0.05) is 13.3 Å². The molecule has 0 aliphatic heterocycles. The quantitative estimate of drug-likeness (QED) is 0.573. The van der Waals surface area contributed by atoms with Gasteiger partial charge in [-0.3, -0.25) is 9.59 Å². The highest BCUT2D eigenvalue weighted by Crippen LogP contribution is 2.07. The monoisotopic (exact) mass is 280 g/mol. The molecule has 0 bridgehead atoms. The number of rotatable bonds is 10. The number of amides is 1. The van der Waals surface area contributed by atoms with E-state index in [1.54, 1.807) is 0 Å². The average molecular weight is 280 g/mol. The second kappa shape index (κ2) is 8.04. The van der Waals surface area contributed by atoms with Crippen molar-refractivity contribution in [3.05, 3.63) is 0 Å². The van der Waals surface area contributed by atoms with Gasteiger partial charge in [0.15, 0.2) is 0 Å². The highest BCUT2D eigenvalue weighted by molar-refractivity contribution is 7.89. The third-order valence-electron chi connectivity index (χ3n) is 2.28. The lowest BCUT2D eigenvalue weighted by molar-refractivity contribution is -0.137. The Kier molecular flexibility index (Phi) is 7.53. The summed E-state index contributed by atoms with van der Waals surface area (Å²) in [4.78, 5) is 21.1. The maximum Gasteiger partial charge on any atom is 0.303 e. The van der Waals surface area contributed by atoms with Gasteiger partial charge in [-0.2, -0.15) is 4.31 Å². The van der Waals surface area contributed by atoms with Crippen molar-refractivity contribution in [3.8, 4) is 0 Å². The number of nitrogens with two attached hydrogens (primary N) is 1. The Bertz CT molecular complexity index is 380. The molecule has 18 heavy (non-hydrogen) atoms. The fraction of sp³-hybridized carbons (Fsp3) is 0.800. The van der Waals surface area contributed by atoms with Gasteiger partial charge in [0.25, 0.3) is 0 Å². The summed E-state index contributed by atoms with van der Waals surface area (Å²) in [6.07, 6.45) is 1.24. The van der Waals surface area contributed by atoms with Gasteiger partial charge in [0.1, 0.15) is 0 Å². The molecular formula is C10H20N2O5S. The Morgan fingerprint density at radius 1 is 1.28 bits per heavy atom. The molecule has 0 aromatic rings. The molecule has 0 aromatic heterocycles. The summed E-state index contributed by atoms with van der Waals surface area (Å²) < 4.78 is 24.8. The highest BCUT2D eigenvalue weighted by Gasteiger charge is 2.23.